The van der Waals surface area contributed by atoms with Crippen LogP contribution in [0.3, 0.4) is 0 Å². The molecular formula is C12H16O2. The Morgan fingerprint density at radius 1 is 1.21 bits per heavy atom. The third-order valence-electron chi connectivity index (χ3n) is 2.71. The van der Waals surface area contributed by atoms with E-state index in [2.05, 4.69) is 19.1 Å². The third-order valence-corrected chi connectivity index (χ3v) is 2.71. The van der Waals surface area contributed by atoms with Gasteiger partial charge >= 0.3 is 0 Å². The molecule has 76 valence electrons. The van der Waals surface area contributed by atoms with Crippen LogP contribution >= 0.6 is 0 Å². The number of ether oxygens (including phenoxy) is 1. The van der Waals surface area contributed by atoms with Crippen molar-refractivity contribution in [3.8, 4) is 0 Å². The van der Waals surface area contributed by atoms with Crippen LogP contribution in [0, 0.1) is 5.92 Å². The van der Waals surface area contributed by atoms with Crippen LogP contribution in [-0.2, 0) is 4.74 Å². The molecule has 1 aliphatic rings. The minimum atomic E-state index is -0.594. The molecule has 1 unspecified atom stereocenters. The second-order valence-corrected chi connectivity index (χ2v) is 4.07. The summed E-state index contributed by atoms with van der Waals surface area (Å²) >= 11 is 0. The lowest BCUT2D eigenvalue weighted by molar-refractivity contribution is -0.177. The number of aliphatic hydroxyl groups excluding tert-OH is 1. The summed E-state index contributed by atoms with van der Waals surface area (Å²) in [5.74, 6) is 0.531. The van der Waals surface area contributed by atoms with Crippen LogP contribution < -0.4 is 0 Å². The molecule has 3 atom stereocenters. The predicted molar refractivity (Wildman–Crippen MR) is 54.7 cm³/mol. The second kappa shape index (κ2) is 4.11. The molecule has 2 rings (SSSR count). The molecule has 0 spiro atoms. The van der Waals surface area contributed by atoms with E-state index in [1.165, 1.54) is 0 Å². The fourth-order valence-corrected chi connectivity index (χ4v) is 1.99. The van der Waals surface area contributed by atoms with E-state index in [0.717, 1.165) is 18.4 Å². The molecule has 0 aromatic heterocycles. The van der Waals surface area contributed by atoms with Gasteiger partial charge in [-0.2, -0.15) is 0 Å². The number of hydrogen-bond acceptors (Lipinski definition) is 2. The van der Waals surface area contributed by atoms with Crippen LogP contribution in [-0.4, -0.2) is 11.4 Å². The average molecular weight is 192 g/mol. The van der Waals surface area contributed by atoms with Gasteiger partial charge in [-0.1, -0.05) is 37.3 Å². The van der Waals surface area contributed by atoms with Crippen molar-refractivity contribution in [1.29, 1.82) is 0 Å². The predicted octanol–water partition coefficient (Wildman–Crippen LogP) is 2.49. The topological polar surface area (TPSA) is 29.5 Å². The van der Waals surface area contributed by atoms with Gasteiger partial charge in [-0.25, -0.2) is 0 Å². The highest BCUT2D eigenvalue weighted by Crippen LogP contribution is 2.33. The molecule has 2 heteroatoms. The van der Waals surface area contributed by atoms with Crippen molar-refractivity contribution in [2.45, 2.75) is 32.2 Å². The smallest absolute Gasteiger partial charge is 0.155 e. The van der Waals surface area contributed by atoms with Gasteiger partial charge in [0.2, 0.25) is 0 Å². The first kappa shape index (κ1) is 9.69. The highest BCUT2D eigenvalue weighted by atomic mass is 16.6. The zero-order chi connectivity index (χ0) is 9.97. The van der Waals surface area contributed by atoms with Crippen molar-refractivity contribution < 1.29 is 9.84 Å². The van der Waals surface area contributed by atoms with Crippen LogP contribution in [0.2, 0.25) is 0 Å². The van der Waals surface area contributed by atoms with Gasteiger partial charge in [0.1, 0.15) is 0 Å². The summed E-state index contributed by atoms with van der Waals surface area (Å²) < 4.78 is 5.50. The van der Waals surface area contributed by atoms with E-state index < -0.39 is 6.29 Å². The first-order valence-corrected chi connectivity index (χ1v) is 5.14. The molecule has 1 aromatic rings. The van der Waals surface area contributed by atoms with Crippen LogP contribution in [0.25, 0.3) is 0 Å². The van der Waals surface area contributed by atoms with E-state index in [9.17, 15) is 5.11 Å². The second-order valence-electron chi connectivity index (χ2n) is 4.07. The normalized spacial score (nSPS) is 32.9. The average Bonchev–Trinajstić information content (AvgIpc) is 2.18. The molecule has 1 aliphatic heterocycles. The van der Waals surface area contributed by atoms with Gasteiger partial charge < -0.3 is 9.84 Å². The fraction of sp³-hybridized carbons (Fsp3) is 0.500. The first-order valence-electron chi connectivity index (χ1n) is 5.14. The van der Waals surface area contributed by atoms with Gasteiger partial charge in [-0.05, 0) is 17.9 Å². The SMILES string of the molecule is C[C@@H]1CC(O)O[C@H](c2ccccc2)C1. The zero-order valence-electron chi connectivity index (χ0n) is 8.39. The van der Waals surface area contributed by atoms with Crippen LogP contribution in [0.5, 0.6) is 0 Å². The molecule has 14 heavy (non-hydrogen) atoms. The van der Waals surface area contributed by atoms with Crippen LogP contribution in [0.4, 0.5) is 0 Å². The lowest BCUT2D eigenvalue weighted by Gasteiger charge is -2.31. The summed E-state index contributed by atoms with van der Waals surface area (Å²) in [5.41, 5.74) is 1.16. The Balaban J connectivity index is 2.11. The van der Waals surface area contributed by atoms with Crippen LogP contribution in [0.1, 0.15) is 31.4 Å². The molecule has 0 aliphatic carbocycles. The summed E-state index contributed by atoms with van der Waals surface area (Å²) in [7, 11) is 0. The number of aliphatic hydroxyl groups is 1. The van der Waals surface area contributed by atoms with Crippen molar-refractivity contribution in [2.75, 3.05) is 0 Å². The molecule has 1 aromatic carbocycles. The Bertz CT molecular complexity index is 274. The van der Waals surface area contributed by atoms with E-state index in [-0.39, 0.29) is 6.10 Å². The number of benzene rings is 1. The van der Waals surface area contributed by atoms with Crippen molar-refractivity contribution in [1.82, 2.24) is 0 Å². The zero-order valence-corrected chi connectivity index (χ0v) is 8.39. The molecule has 1 saturated heterocycles. The van der Waals surface area contributed by atoms with E-state index in [1.807, 2.05) is 18.2 Å². The van der Waals surface area contributed by atoms with E-state index >= 15 is 0 Å². The van der Waals surface area contributed by atoms with Gasteiger partial charge in [0.05, 0.1) is 6.10 Å². The molecule has 1 N–H and O–H groups in total. The largest absolute Gasteiger partial charge is 0.368 e. The highest BCUT2D eigenvalue weighted by Gasteiger charge is 2.26. The summed E-state index contributed by atoms with van der Waals surface area (Å²) in [4.78, 5) is 0. The molecule has 1 heterocycles. The molecule has 0 saturated carbocycles. The third kappa shape index (κ3) is 2.14. The Morgan fingerprint density at radius 3 is 2.57 bits per heavy atom. The molecule has 2 nitrogen and oxygen atoms in total. The standard InChI is InChI=1S/C12H16O2/c1-9-7-11(14-12(13)8-9)10-5-3-2-4-6-10/h2-6,9,11-13H,7-8H2,1H3/t9-,11-,12?/m0/s1. The summed E-state index contributed by atoms with van der Waals surface area (Å²) in [5, 5.41) is 9.49. The summed E-state index contributed by atoms with van der Waals surface area (Å²) in [6.45, 7) is 2.15. The first-order chi connectivity index (χ1) is 6.75. The van der Waals surface area contributed by atoms with Gasteiger partial charge in [-0.3, -0.25) is 0 Å². The monoisotopic (exact) mass is 192 g/mol. The number of rotatable bonds is 1. The Labute approximate surface area is 84.5 Å². The van der Waals surface area contributed by atoms with Gasteiger partial charge in [-0.15, -0.1) is 0 Å². The lowest BCUT2D eigenvalue weighted by Crippen LogP contribution is -2.26. The quantitative estimate of drug-likeness (QED) is 0.740. The maximum absolute atomic E-state index is 9.49. The van der Waals surface area contributed by atoms with Crippen molar-refractivity contribution in [2.24, 2.45) is 5.92 Å². The van der Waals surface area contributed by atoms with Crippen molar-refractivity contribution in [3.63, 3.8) is 0 Å². The van der Waals surface area contributed by atoms with Gasteiger partial charge in [0.25, 0.3) is 0 Å². The Morgan fingerprint density at radius 2 is 1.93 bits per heavy atom. The molecule has 0 bridgehead atoms. The molecule has 0 radical (unpaired) electrons. The fourth-order valence-electron chi connectivity index (χ4n) is 1.99. The molecular weight excluding hydrogens is 176 g/mol. The minimum Gasteiger partial charge on any atom is -0.368 e. The molecule has 1 fully saturated rings. The van der Waals surface area contributed by atoms with Gasteiger partial charge in [0.15, 0.2) is 6.29 Å². The highest BCUT2D eigenvalue weighted by molar-refractivity contribution is 5.17. The van der Waals surface area contributed by atoms with E-state index in [0.29, 0.717) is 5.92 Å². The molecule has 0 amide bonds. The lowest BCUT2D eigenvalue weighted by atomic mass is 9.93. The van der Waals surface area contributed by atoms with E-state index in [4.69, 9.17) is 4.74 Å². The Kier molecular flexibility index (Phi) is 2.85. The maximum Gasteiger partial charge on any atom is 0.155 e. The van der Waals surface area contributed by atoms with Crippen molar-refractivity contribution in [3.05, 3.63) is 35.9 Å². The van der Waals surface area contributed by atoms with Gasteiger partial charge in [0, 0.05) is 6.42 Å². The maximum atomic E-state index is 9.49. The minimum absolute atomic E-state index is 0.0648. The number of hydrogen-bond donors (Lipinski definition) is 1. The van der Waals surface area contributed by atoms with Crippen LogP contribution in [0.15, 0.2) is 30.3 Å². The summed E-state index contributed by atoms with van der Waals surface area (Å²) in [6.07, 6.45) is 1.23. The Hall–Kier alpha value is -0.860. The van der Waals surface area contributed by atoms with E-state index in [1.54, 1.807) is 0 Å². The summed E-state index contributed by atoms with van der Waals surface area (Å²) in [6, 6.07) is 10.1. The van der Waals surface area contributed by atoms with Crippen molar-refractivity contribution >= 4 is 0 Å².